The molecule has 1 N–H and O–H groups in total. The zero-order valence-corrected chi connectivity index (χ0v) is 14.1. The molecule has 0 aliphatic carbocycles. The predicted octanol–water partition coefficient (Wildman–Crippen LogP) is 2.12. The number of carbonyl (C=O) groups is 3. The van der Waals surface area contributed by atoms with Crippen LogP contribution in [0.5, 0.6) is 5.75 Å². The molecular weight excluding hydrogens is 319 g/mol. The van der Waals surface area contributed by atoms with E-state index in [2.05, 4.69) is 0 Å². The topological polar surface area (TPSA) is 89.9 Å². The van der Waals surface area contributed by atoms with Crippen LogP contribution in [0.15, 0.2) is 18.2 Å². The summed E-state index contributed by atoms with van der Waals surface area (Å²) in [6.45, 7) is 5.73. The number of hydrogen-bond acceptors (Lipinski definition) is 6. The fourth-order valence-corrected chi connectivity index (χ4v) is 2.26. The first-order chi connectivity index (χ1) is 11.2. The highest BCUT2D eigenvalue weighted by molar-refractivity contribution is 6.18. The maximum absolute atomic E-state index is 14.2. The Balaban J connectivity index is 3.31. The largest absolute Gasteiger partial charge is 0.505 e. The van der Waals surface area contributed by atoms with E-state index in [1.165, 1.54) is 39.8 Å². The van der Waals surface area contributed by atoms with Crippen molar-refractivity contribution >= 4 is 17.7 Å². The maximum Gasteiger partial charge on any atom is 0.328 e. The number of halogens is 1. The van der Waals surface area contributed by atoms with E-state index >= 15 is 0 Å². The molecule has 0 radical (unpaired) electrons. The summed E-state index contributed by atoms with van der Waals surface area (Å²) in [5.41, 5.74) is -1.70. The molecule has 24 heavy (non-hydrogen) atoms. The summed E-state index contributed by atoms with van der Waals surface area (Å²) >= 11 is 0. The number of carbonyl (C=O) groups excluding carboxylic acids is 3. The number of ether oxygens (including phenoxy) is 2. The Labute approximate surface area is 139 Å². The van der Waals surface area contributed by atoms with Gasteiger partial charge in [-0.15, -0.1) is 0 Å². The molecule has 0 atom stereocenters. The van der Waals surface area contributed by atoms with E-state index in [9.17, 15) is 23.9 Å². The van der Waals surface area contributed by atoms with Crippen LogP contribution in [-0.4, -0.2) is 36.0 Å². The van der Waals surface area contributed by atoms with E-state index in [-0.39, 0.29) is 18.8 Å². The zero-order chi connectivity index (χ0) is 18.5. The quantitative estimate of drug-likeness (QED) is 0.604. The van der Waals surface area contributed by atoms with Gasteiger partial charge in [0.05, 0.1) is 18.6 Å². The molecule has 132 valence electrons. The molecule has 0 fully saturated rings. The summed E-state index contributed by atoms with van der Waals surface area (Å²) in [6.07, 6.45) is 0. The van der Waals surface area contributed by atoms with Crippen LogP contribution in [0.3, 0.4) is 0 Å². The Kier molecular flexibility index (Phi) is 6.45. The maximum atomic E-state index is 14.2. The van der Waals surface area contributed by atoms with Gasteiger partial charge in [-0.2, -0.15) is 0 Å². The van der Waals surface area contributed by atoms with Crippen LogP contribution in [-0.2, 0) is 29.3 Å². The van der Waals surface area contributed by atoms with Crippen molar-refractivity contribution in [2.45, 2.75) is 33.1 Å². The summed E-state index contributed by atoms with van der Waals surface area (Å²) in [5, 5.41) is 9.50. The number of benzene rings is 1. The highest BCUT2D eigenvalue weighted by atomic mass is 19.1. The number of aromatic hydroxyl groups is 1. The molecule has 7 heteroatoms. The average Bonchev–Trinajstić information content (AvgIpc) is 2.50. The van der Waals surface area contributed by atoms with Crippen LogP contribution in [0.1, 0.15) is 33.3 Å². The van der Waals surface area contributed by atoms with Gasteiger partial charge in [0, 0.05) is 5.56 Å². The second-order valence-corrected chi connectivity index (χ2v) is 5.57. The number of phenols is 1. The summed E-state index contributed by atoms with van der Waals surface area (Å²) in [6, 6.07) is 3.81. The molecule has 0 saturated heterocycles. The molecule has 0 bridgehead atoms. The van der Waals surface area contributed by atoms with Gasteiger partial charge >= 0.3 is 11.9 Å². The summed E-state index contributed by atoms with van der Waals surface area (Å²) in [7, 11) is 0. The van der Waals surface area contributed by atoms with Gasteiger partial charge in [-0.1, -0.05) is 12.1 Å². The van der Waals surface area contributed by atoms with E-state index in [0.717, 1.165) is 6.07 Å². The Morgan fingerprint density at radius 2 is 1.62 bits per heavy atom. The molecule has 0 saturated carbocycles. The molecule has 1 aromatic rings. The molecule has 0 unspecified atom stereocenters. The molecule has 1 aromatic carbocycles. The summed E-state index contributed by atoms with van der Waals surface area (Å²) in [5.74, 6) is -6.39. The fourth-order valence-electron chi connectivity index (χ4n) is 2.26. The molecule has 1 rings (SSSR count). The lowest BCUT2D eigenvalue weighted by Gasteiger charge is -2.27. The van der Waals surface area contributed by atoms with Crippen LogP contribution in [0, 0.1) is 11.7 Å². The second-order valence-electron chi connectivity index (χ2n) is 5.57. The molecule has 0 spiro atoms. The van der Waals surface area contributed by atoms with Gasteiger partial charge in [0.1, 0.15) is 0 Å². The van der Waals surface area contributed by atoms with E-state index in [0.29, 0.717) is 0 Å². The Bertz CT molecular complexity index is 620. The van der Waals surface area contributed by atoms with Crippen molar-refractivity contribution < 1.29 is 33.4 Å². The third kappa shape index (κ3) is 3.90. The van der Waals surface area contributed by atoms with E-state index in [4.69, 9.17) is 9.47 Å². The van der Waals surface area contributed by atoms with Crippen LogP contribution < -0.4 is 0 Å². The van der Waals surface area contributed by atoms with Crippen molar-refractivity contribution in [1.82, 2.24) is 0 Å². The normalized spacial score (nSPS) is 11.2. The summed E-state index contributed by atoms with van der Waals surface area (Å²) in [4.78, 5) is 36.9. The van der Waals surface area contributed by atoms with Crippen molar-refractivity contribution in [3.63, 3.8) is 0 Å². The van der Waals surface area contributed by atoms with Gasteiger partial charge < -0.3 is 14.6 Å². The first-order valence-corrected chi connectivity index (χ1v) is 7.53. The summed E-state index contributed by atoms with van der Waals surface area (Å²) < 4.78 is 23.7. The standard InChI is InChI=1S/C17H21FO6/c1-5-23-15(21)12(16(22)24-6-2)14(20)17(3,4)10-8-7-9-11(19)13(10)18/h7-9,12,19H,5-6H2,1-4H3. The predicted molar refractivity (Wildman–Crippen MR) is 82.9 cm³/mol. The van der Waals surface area contributed by atoms with E-state index in [1.54, 1.807) is 0 Å². The minimum absolute atomic E-state index is 0.0249. The molecule has 6 nitrogen and oxygen atoms in total. The minimum atomic E-state index is -1.82. The van der Waals surface area contributed by atoms with Crippen molar-refractivity contribution in [3.05, 3.63) is 29.6 Å². The van der Waals surface area contributed by atoms with Gasteiger partial charge in [0.15, 0.2) is 17.3 Å². The van der Waals surface area contributed by atoms with Gasteiger partial charge in [-0.05, 0) is 33.8 Å². The van der Waals surface area contributed by atoms with Crippen LogP contribution in [0.25, 0.3) is 0 Å². The van der Waals surface area contributed by atoms with Crippen molar-refractivity contribution in [3.8, 4) is 5.75 Å². The smallest absolute Gasteiger partial charge is 0.328 e. The number of esters is 2. The van der Waals surface area contributed by atoms with E-state index in [1.807, 2.05) is 0 Å². The Hall–Kier alpha value is -2.44. The van der Waals surface area contributed by atoms with Gasteiger partial charge in [0.25, 0.3) is 0 Å². The lowest BCUT2D eigenvalue weighted by atomic mass is 9.75. The third-order valence-corrected chi connectivity index (χ3v) is 3.57. The molecule has 0 aliphatic rings. The molecular formula is C17H21FO6. The number of Topliss-reactive ketones (excluding diaryl/α,β-unsaturated/α-hetero) is 1. The number of phenolic OH excluding ortho intramolecular Hbond substituents is 1. The second kappa shape index (κ2) is 7.90. The molecule has 0 amide bonds. The molecule has 0 heterocycles. The number of ketones is 1. The Morgan fingerprint density at radius 1 is 1.12 bits per heavy atom. The molecule has 0 aromatic heterocycles. The van der Waals surface area contributed by atoms with Crippen LogP contribution in [0.2, 0.25) is 0 Å². The van der Waals surface area contributed by atoms with Gasteiger partial charge in [0.2, 0.25) is 5.92 Å². The highest BCUT2D eigenvalue weighted by Gasteiger charge is 2.46. The van der Waals surface area contributed by atoms with Crippen molar-refractivity contribution in [1.29, 1.82) is 0 Å². The van der Waals surface area contributed by atoms with Gasteiger partial charge in [-0.3, -0.25) is 14.4 Å². The first kappa shape index (κ1) is 19.6. The van der Waals surface area contributed by atoms with Crippen molar-refractivity contribution in [2.75, 3.05) is 13.2 Å². The Morgan fingerprint density at radius 3 is 2.08 bits per heavy atom. The molecule has 0 aliphatic heterocycles. The van der Waals surface area contributed by atoms with Gasteiger partial charge in [-0.25, -0.2) is 4.39 Å². The minimum Gasteiger partial charge on any atom is -0.505 e. The average molecular weight is 340 g/mol. The van der Waals surface area contributed by atoms with Crippen LogP contribution in [0.4, 0.5) is 4.39 Å². The third-order valence-electron chi connectivity index (χ3n) is 3.57. The highest BCUT2D eigenvalue weighted by Crippen LogP contribution is 2.33. The monoisotopic (exact) mass is 340 g/mol. The number of rotatable bonds is 7. The fraction of sp³-hybridized carbons (Fsp3) is 0.471. The van der Waals surface area contributed by atoms with Crippen molar-refractivity contribution in [2.24, 2.45) is 5.92 Å². The van der Waals surface area contributed by atoms with Crippen LogP contribution >= 0.6 is 0 Å². The first-order valence-electron chi connectivity index (χ1n) is 7.53. The number of hydrogen-bond donors (Lipinski definition) is 1. The zero-order valence-electron chi connectivity index (χ0n) is 14.1. The lowest BCUT2D eigenvalue weighted by molar-refractivity contribution is -0.165. The lowest BCUT2D eigenvalue weighted by Crippen LogP contribution is -2.44. The SMILES string of the molecule is CCOC(=O)C(C(=O)OCC)C(=O)C(C)(C)c1cccc(O)c1F. The van der Waals surface area contributed by atoms with E-state index < -0.39 is 40.6 Å².